The topological polar surface area (TPSA) is 41.1 Å². The molecule has 0 bridgehead atoms. The number of nitrogens with one attached hydrogen (secondary N) is 2. The Balaban J connectivity index is 1.84. The van der Waals surface area contributed by atoms with Crippen molar-refractivity contribution in [3.8, 4) is 0 Å². The lowest BCUT2D eigenvalue weighted by molar-refractivity contribution is -0.135. The molecular weight excluding hydrogens is 281 g/mol. The van der Waals surface area contributed by atoms with Gasteiger partial charge >= 0.3 is 6.18 Å². The highest BCUT2D eigenvalue weighted by molar-refractivity contribution is 5.96. The zero-order valence-corrected chi connectivity index (χ0v) is 11.7. The standard InChI is InChI=1S/C15H19F3N2O/c16-15(17,18)7-1-2-8-20-14(21)13-5-3-4-11-10-19-9-6-12(11)13/h3-5,19H,1-2,6-10H2,(H,20,21). The van der Waals surface area contributed by atoms with Crippen molar-refractivity contribution < 1.29 is 18.0 Å². The van der Waals surface area contributed by atoms with Crippen molar-refractivity contribution in [1.29, 1.82) is 0 Å². The maximum atomic E-state index is 12.1. The fraction of sp³-hybridized carbons (Fsp3) is 0.533. The maximum absolute atomic E-state index is 12.1. The molecule has 1 amide bonds. The van der Waals surface area contributed by atoms with Crippen LogP contribution in [-0.2, 0) is 13.0 Å². The minimum absolute atomic E-state index is 0.0423. The molecule has 2 N–H and O–H groups in total. The average molecular weight is 300 g/mol. The van der Waals surface area contributed by atoms with E-state index < -0.39 is 12.6 Å². The maximum Gasteiger partial charge on any atom is 0.389 e. The van der Waals surface area contributed by atoms with Crippen molar-refractivity contribution in [3.63, 3.8) is 0 Å². The Morgan fingerprint density at radius 3 is 2.86 bits per heavy atom. The van der Waals surface area contributed by atoms with E-state index in [0.29, 0.717) is 12.0 Å². The van der Waals surface area contributed by atoms with Gasteiger partial charge in [0.05, 0.1) is 0 Å². The number of fused-ring (bicyclic) bond motifs is 1. The number of unbranched alkanes of at least 4 members (excludes halogenated alkanes) is 1. The Labute approximate surface area is 121 Å². The highest BCUT2D eigenvalue weighted by atomic mass is 19.4. The van der Waals surface area contributed by atoms with Gasteiger partial charge in [-0.3, -0.25) is 4.79 Å². The summed E-state index contributed by atoms with van der Waals surface area (Å²) in [4.78, 5) is 12.1. The van der Waals surface area contributed by atoms with E-state index in [0.717, 1.165) is 30.6 Å². The molecule has 0 aromatic heterocycles. The lowest BCUT2D eigenvalue weighted by Gasteiger charge is -2.20. The molecule has 3 nitrogen and oxygen atoms in total. The molecule has 0 atom stereocenters. The van der Waals surface area contributed by atoms with E-state index in [2.05, 4.69) is 10.6 Å². The van der Waals surface area contributed by atoms with Gasteiger partial charge in [-0.1, -0.05) is 12.1 Å². The fourth-order valence-corrected chi connectivity index (χ4v) is 2.49. The van der Waals surface area contributed by atoms with Crippen molar-refractivity contribution >= 4 is 5.91 Å². The average Bonchev–Trinajstić information content (AvgIpc) is 2.45. The second-order valence-electron chi connectivity index (χ2n) is 5.20. The molecule has 0 aliphatic carbocycles. The van der Waals surface area contributed by atoms with Crippen molar-refractivity contribution in [2.75, 3.05) is 13.1 Å². The molecule has 21 heavy (non-hydrogen) atoms. The van der Waals surface area contributed by atoms with Crippen LogP contribution in [-0.4, -0.2) is 25.2 Å². The smallest absolute Gasteiger partial charge is 0.352 e. The molecule has 0 saturated carbocycles. The summed E-state index contributed by atoms with van der Waals surface area (Å²) in [5.74, 6) is -0.194. The summed E-state index contributed by atoms with van der Waals surface area (Å²) in [6, 6.07) is 5.60. The molecule has 2 rings (SSSR count). The predicted molar refractivity (Wildman–Crippen MR) is 74.1 cm³/mol. The summed E-state index contributed by atoms with van der Waals surface area (Å²) in [6.45, 7) is 1.86. The summed E-state index contributed by atoms with van der Waals surface area (Å²) in [5, 5.41) is 5.95. The molecule has 1 aliphatic rings. The highest BCUT2D eigenvalue weighted by Gasteiger charge is 2.25. The quantitative estimate of drug-likeness (QED) is 0.821. The number of benzene rings is 1. The summed E-state index contributed by atoms with van der Waals surface area (Å²) in [5.41, 5.74) is 2.81. The zero-order chi connectivity index (χ0) is 15.3. The van der Waals surface area contributed by atoms with Crippen LogP contribution in [0.5, 0.6) is 0 Å². The largest absolute Gasteiger partial charge is 0.389 e. The van der Waals surface area contributed by atoms with Crippen LogP contribution in [0.3, 0.4) is 0 Å². The van der Waals surface area contributed by atoms with Gasteiger partial charge in [0.2, 0.25) is 0 Å². The molecule has 6 heteroatoms. The molecule has 1 aromatic rings. The first-order chi connectivity index (χ1) is 9.97. The van der Waals surface area contributed by atoms with Gasteiger partial charge in [-0.05, 0) is 43.0 Å². The van der Waals surface area contributed by atoms with Crippen LogP contribution in [0.2, 0.25) is 0 Å². The summed E-state index contributed by atoms with van der Waals surface area (Å²) >= 11 is 0. The Morgan fingerprint density at radius 1 is 1.29 bits per heavy atom. The lowest BCUT2D eigenvalue weighted by Crippen LogP contribution is -2.30. The fourth-order valence-electron chi connectivity index (χ4n) is 2.49. The minimum atomic E-state index is -4.12. The van der Waals surface area contributed by atoms with E-state index in [1.165, 1.54) is 0 Å². The number of carbonyl (C=O) groups excluding carboxylic acids is 1. The number of rotatable bonds is 5. The van der Waals surface area contributed by atoms with Gasteiger partial charge in [-0.2, -0.15) is 13.2 Å². The third kappa shape index (κ3) is 4.74. The normalized spacial score (nSPS) is 14.6. The van der Waals surface area contributed by atoms with Gasteiger partial charge in [0.15, 0.2) is 0 Å². The van der Waals surface area contributed by atoms with Gasteiger partial charge in [-0.15, -0.1) is 0 Å². The van der Waals surface area contributed by atoms with E-state index >= 15 is 0 Å². The predicted octanol–water partition coefficient (Wildman–Crippen LogP) is 2.79. The van der Waals surface area contributed by atoms with E-state index in [-0.39, 0.29) is 18.9 Å². The van der Waals surface area contributed by atoms with Crippen LogP contribution in [0.4, 0.5) is 13.2 Å². The van der Waals surface area contributed by atoms with Crippen LogP contribution < -0.4 is 10.6 Å². The third-order valence-corrected chi connectivity index (χ3v) is 3.56. The van der Waals surface area contributed by atoms with Crippen LogP contribution in [0.25, 0.3) is 0 Å². The minimum Gasteiger partial charge on any atom is -0.352 e. The zero-order valence-electron chi connectivity index (χ0n) is 11.7. The number of carbonyl (C=O) groups is 1. The van der Waals surface area contributed by atoms with Crippen molar-refractivity contribution in [2.45, 2.75) is 38.4 Å². The number of amides is 1. The van der Waals surface area contributed by atoms with Gasteiger partial charge in [0.25, 0.3) is 5.91 Å². The van der Waals surface area contributed by atoms with Crippen molar-refractivity contribution in [2.24, 2.45) is 0 Å². The number of halogens is 3. The first-order valence-corrected chi connectivity index (χ1v) is 7.14. The molecule has 1 aromatic carbocycles. The molecule has 0 fully saturated rings. The monoisotopic (exact) mass is 300 g/mol. The van der Waals surface area contributed by atoms with E-state index in [1.54, 1.807) is 6.07 Å². The Bertz CT molecular complexity index is 500. The summed E-state index contributed by atoms with van der Waals surface area (Å²) in [6.07, 6.45) is -3.74. The van der Waals surface area contributed by atoms with Crippen LogP contribution in [0.1, 0.15) is 40.7 Å². The van der Waals surface area contributed by atoms with E-state index in [4.69, 9.17) is 0 Å². The second kappa shape index (κ2) is 6.93. The van der Waals surface area contributed by atoms with Crippen molar-refractivity contribution in [3.05, 3.63) is 34.9 Å². The molecule has 0 saturated heterocycles. The van der Waals surface area contributed by atoms with Crippen LogP contribution in [0.15, 0.2) is 18.2 Å². The van der Waals surface area contributed by atoms with E-state index in [1.807, 2.05) is 12.1 Å². The molecule has 0 spiro atoms. The Kier molecular flexibility index (Phi) is 5.22. The molecule has 1 aliphatic heterocycles. The first-order valence-electron chi connectivity index (χ1n) is 7.14. The van der Waals surface area contributed by atoms with Gasteiger partial charge < -0.3 is 10.6 Å². The SMILES string of the molecule is O=C(NCCCCC(F)(F)F)c1cccc2c1CCNC2. The van der Waals surface area contributed by atoms with Crippen LogP contribution in [0, 0.1) is 0 Å². The summed E-state index contributed by atoms with van der Waals surface area (Å²) < 4.78 is 36.0. The first kappa shape index (κ1) is 15.8. The van der Waals surface area contributed by atoms with Gasteiger partial charge in [0, 0.05) is 25.1 Å². The van der Waals surface area contributed by atoms with Crippen molar-refractivity contribution in [1.82, 2.24) is 10.6 Å². The molecule has 0 radical (unpaired) electrons. The second-order valence-corrected chi connectivity index (χ2v) is 5.20. The molecule has 1 heterocycles. The molecule has 0 unspecified atom stereocenters. The van der Waals surface area contributed by atoms with Gasteiger partial charge in [-0.25, -0.2) is 0 Å². The number of alkyl halides is 3. The third-order valence-electron chi connectivity index (χ3n) is 3.56. The summed E-state index contributed by atoms with van der Waals surface area (Å²) in [7, 11) is 0. The van der Waals surface area contributed by atoms with Gasteiger partial charge in [0.1, 0.15) is 0 Å². The van der Waals surface area contributed by atoms with E-state index in [9.17, 15) is 18.0 Å². The molecule has 116 valence electrons. The number of hydrogen-bond acceptors (Lipinski definition) is 2. The van der Waals surface area contributed by atoms with Crippen LogP contribution >= 0.6 is 0 Å². The number of hydrogen-bond donors (Lipinski definition) is 2. The Morgan fingerprint density at radius 2 is 2.10 bits per heavy atom. The lowest BCUT2D eigenvalue weighted by atomic mass is 9.95. The molecular formula is C15H19F3N2O. The Hall–Kier alpha value is -1.56. The highest BCUT2D eigenvalue weighted by Crippen LogP contribution is 2.22.